The Morgan fingerprint density at radius 2 is 1.86 bits per heavy atom. The Kier molecular flexibility index (Phi) is 7.30. The molecule has 0 amide bonds. The van der Waals surface area contributed by atoms with Crippen molar-refractivity contribution in [1.29, 1.82) is 0 Å². The lowest BCUT2D eigenvalue weighted by molar-refractivity contribution is -0.139. The highest BCUT2D eigenvalue weighted by atomic mass is 32.1. The molecule has 0 spiro atoms. The Bertz CT molecular complexity index is 1500. The first-order valence-corrected chi connectivity index (χ1v) is 12.3. The van der Waals surface area contributed by atoms with Crippen LogP contribution in [0.25, 0.3) is 6.08 Å². The number of para-hydroxylation sites is 1. The molecule has 1 aromatic heterocycles. The zero-order valence-corrected chi connectivity index (χ0v) is 22.0. The number of thiazole rings is 1. The molecule has 1 atom stereocenters. The van der Waals surface area contributed by atoms with Gasteiger partial charge in [0.2, 0.25) is 0 Å². The van der Waals surface area contributed by atoms with Crippen LogP contribution in [0.3, 0.4) is 0 Å². The Labute approximate surface area is 213 Å². The second kappa shape index (κ2) is 10.4. The van der Waals surface area contributed by atoms with Crippen LogP contribution in [-0.4, -0.2) is 45.5 Å². The summed E-state index contributed by atoms with van der Waals surface area (Å²) < 4.78 is 18.3. The standard InChI is InChI=1S/C27H29N3O5S/c1-7-35-26(32)22-16(2)28-27-30(23(22)17-11-13-19(14-12-17)29(3)4)25(31)21(36-27)15-18-9-8-10-20(33-5)24(18)34-6/h8-15,23H,7H2,1-6H3/b21-15-. The molecule has 0 bridgehead atoms. The van der Waals surface area contributed by atoms with E-state index in [4.69, 9.17) is 14.2 Å². The van der Waals surface area contributed by atoms with E-state index in [0.29, 0.717) is 37.7 Å². The van der Waals surface area contributed by atoms with Gasteiger partial charge in [-0.05, 0) is 43.7 Å². The molecule has 0 radical (unpaired) electrons. The molecule has 0 N–H and O–H groups in total. The number of ether oxygens (including phenoxy) is 3. The van der Waals surface area contributed by atoms with Gasteiger partial charge in [0.15, 0.2) is 16.3 Å². The normalized spacial score (nSPS) is 15.3. The molecule has 1 aliphatic rings. The first-order chi connectivity index (χ1) is 17.3. The lowest BCUT2D eigenvalue weighted by Crippen LogP contribution is -2.40. The topological polar surface area (TPSA) is 82.4 Å². The van der Waals surface area contributed by atoms with Gasteiger partial charge in [0, 0.05) is 25.3 Å². The quantitative estimate of drug-likeness (QED) is 0.458. The van der Waals surface area contributed by atoms with Crippen LogP contribution in [0, 0.1) is 0 Å². The average molecular weight is 508 g/mol. The number of benzene rings is 2. The van der Waals surface area contributed by atoms with E-state index < -0.39 is 12.0 Å². The number of methoxy groups -OCH3 is 2. The molecule has 0 aliphatic carbocycles. The Morgan fingerprint density at radius 3 is 2.47 bits per heavy atom. The van der Waals surface area contributed by atoms with E-state index in [2.05, 4.69) is 4.99 Å². The van der Waals surface area contributed by atoms with Crippen molar-refractivity contribution in [3.8, 4) is 11.5 Å². The number of hydrogen-bond donors (Lipinski definition) is 0. The lowest BCUT2D eigenvalue weighted by atomic mass is 9.95. The highest BCUT2D eigenvalue weighted by Crippen LogP contribution is 2.33. The summed E-state index contributed by atoms with van der Waals surface area (Å²) in [7, 11) is 7.04. The second-order valence-corrected chi connectivity index (χ2v) is 9.38. The third-order valence-corrected chi connectivity index (χ3v) is 6.95. The minimum atomic E-state index is -0.661. The molecule has 4 rings (SSSR count). The number of anilines is 1. The zero-order valence-electron chi connectivity index (χ0n) is 21.2. The fraction of sp³-hybridized carbons (Fsp3) is 0.296. The smallest absolute Gasteiger partial charge is 0.338 e. The predicted molar refractivity (Wildman–Crippen MR) is 141 cm³/mol. The van der Waals surface area contributed by atoms with Crippen LogP contribution in [0.4, 0.5) is 5.69 Å². The van der Waals surface area contributed by atoms with Crippen LogP contribution in [0.5, 0.6) is 11.5 Å². The molecule has 0 saturated carbocycles. The third kappa shape index (κ3) is 4.54. The maximum Gasteiger partial charge on any atom is 0.338 e. The maximum absolute atomic E-state index is 13.8. The molecular formula is C27H29N3O5S. The van der Waals surface area contributed by atoms with Gasteiger partial charge in [-0.2, -0.15) is 0 Å². The van der Waals surface area contributed by atoms with Gasteiger partial charge in [-0.25, -0.2) is 9.79 Å². The van der Waals surface area contributed by atoms with Gasteiger partial charge in [-0.1, -0.05) is 35.6 Å². The van der Waals surface area contributed by atoms with Crippen molar-refractivity contribution < 1.29 is 19.0 Å². The summed E-state index contributed by atoms with van der Waals surface area (Å²) in [6, 6.07) is 12.6. The number of aromatic nitrogens is 1. The molecule has 1 unspecified atom stereocenters. The van der Waals surface area contributed by atoms with Gasteiger partial charge in [0.1, 0.15) is 0 Å². The van der Waals surface area contributed by atoms with Gasteiger partial charge in [-0.15, -0.1) is 0 Å². The van der Waals surface area contributed by atoms with E-state index in [1.165, 1.54) is 11.3 Å². The molecule has 36 heavy (non-hydrogen) atoms. The maximum atomic E-state index is 13.8. The number of carbonyl (C=O) groups is 1. The second-order valence-electron chi connectivity index (χ2n) is 8.37. The first kappa shape index (κ1) is 25.2. The van der Waals surface area contributed by atoms with Crippen molar-refractivity contribution in [3.63, 3.8) is 0 Å². The summed E-state index contributed by atoms with van der Waals surface area (Å²) in [6.07, 6.45) is 1.76. The van der Waals surface area contributed by atoms with Crippen molar-refractivity contribution in [2.45, 2.75) is 19.9 Å². The number of esters is 1. The SMILES string of the molecule is CCOC(=O)C1=C(C)N=c2s/c(=C\c3cccc(OC)c3OC)c(=O)n2C1c1ccc(N(C)C)cc1. The van der Waals surface area contributed by atoms with Gasteiger partial charge in [0.25, 0.3) is 5.56 Å². The van der Waals surface area contributed by atoms with E-state index in [0.717, 1.165) is 11.3 Å². The highest BCUT2D eigenvalue weighted by Gasteiger charge is 2.33. The minimum Gasteiger partial charge on any atom is -0.493 e. The van der Waals surface area contributed by atoms with Gasteiger partial charge in [0.05, 0.1) is 42.7 Å². The van der Waals surface area contributed by atoms with Gasteiger partial charge >= 0.3 is 5.97 Å². The summed E-state index contributed by atoms with van der Waals surface area (Å²) in [5.74, 6) is 0.618. The van der Waals surface area contributed by atoms with E-state index >= 15 is 0 Å². The fourth-order valence-corrected chi connectivity index (χ4v) is 5.27. The Hall–Kier alpha value is -3.85. The number of fused-ring (bicyclic) bond motifs is 1. The Morgan fingerprint density at radius 1 is 1.14 bits per heavy atom. The molecule has 2 aromatic carbocycles. The summed E-state index contributed by atoms with van der Waals surface area (Å²) >= 11 is 1.26. The van der Waals surface area contributed by atoms with Crippen LogP contribution >= 0.6 is 11.3 Å². The molecule has 1 aliphatic heterocycles. The van der Waals surface area contributed by atoms with Crippen LogP contribution in [0.2, 0.25) is 0 Å². The van der Waals surface area contributed by atoms with Crippen molar-refractivity contribution in [1.82, 2.24) is 4.57 Å². The number of carbonyl (C=O) groups excluding carboxylic acids is 1. The Balaban J connectivity index is 1.95. The van der Waals surface area contributed by atoms with Crippen molar-refractivity contribution in [2.75, 3.05) is 39.8 Å². The molecule has 0 fully saturated rings. The molecule has 188 valence electrons. The van der Waals surface area contributed by atoms with Crippen LogP contribution < -0.4 is 29.3 Å². The van der Waals surface area contributed by atoms with E-state index in [1.807, 2.05) is 55.4 Å². The third-order valence-electron chi connectivity index (χ3n) is 5.96. The molecular weight excluding hydrogens is 478 g/mol. The largest absolute Gasteiger partial charge is 0.493 e. The summed E-state index contributed by atoms with van der Waals surface area (Å²) in [4.78, 5) is 34.0. The monoisotopic (exact) mass is 507 g/mol. The number of rotatable bonds is 7. The van der Waals surface area contributed by atoms with E-state index in [9.17, 15) is 9.59 Å². The number of nitrogens with zero attached hydrogens (tertiary/aromatic N) is 3. The number of allylic oxidation sites excluding steroid dienone is 1. The molecule has 2 heterocycles. The molecule has 8 nitrogen and oxygen atoms in total. The summed E-state index contributed by atoms with van der Waals surface area (Å²) in [5, 5.41) is 0. The van der Waals surface area contributed by atoms with Gasteiger partial charge in [-0.3, -0.25) is 9.36 Å². The van der Waals surface area contributed by atoms with Crippen LogP contribution in [-0.2, 0) is 9.53 Å². The highest BCUT2D eigenvalue weighted by molar-refractivity contribution is 7.07. The van der Waals surface area contributed by atoms with Gasteiger partial charge < -0.3 is 19.1 Å². The van der Waals surface area contributed by atoms with E-state index in [-0.39, 0.29) is 12.2 Å². The number of hydrogen-bond acceptors (Lipinski definition) is 8. The summed E-state index contributed by atoms with van der Waals surface area (Å²) in [5.41, 5.74) is 3.14. The van der Waals surface area contributed by atoms with Crippen molar-refractivity contribution >= 4 is 29.1 Å². The first-order valence-electron chi connectivity index (χ1n) is 11.5. The molecule has 3 aromatic rings. The molecule has 0 saturated heterocycles. The van der Waals surface area contributed by atoms with Crippen LogP contribution in [0.15, 0.2) is 63.5 Å². The fourth-order valence-electron chi connectivity index (χ4n) is 4.23. The zero-order chi connectivity index (χ0) is 26.0. The molecule has 9 heteroatoms. The predicted octanol–water partition coefficient (Wildman–Crippen LogP) is 2.88. The average Bonchev–Trinajstić information content (AvgIpc) is 3.17. The van der Waals surface area contributed by atoms with Crippen LogP contribution in [0.1, 0.15) is 31.0 Å². The summed E-state index contributed by atoms with van der Waals surface area (Å²) in [6.45, 7) is 3.75. The minimum absolute atomic E-state index is 0.224. The van der Waals surface area contributed by atoms with Crippen molar-refractivity contribution in [3.05, 3.63) is 84.5 Å². The lowest BCUT2D eigenvalue weighted by Gasteiger charge is -2.25. The van der Waals surface area contributed by atoms with E-state index in [1.54, 1.807) is 44.8 Å². The van der Waals surface area contributed by atoms with Crippen molar-refractivity contribution in [2.24, 2.45) is 4.99 Å².